The number of hydrogen-bond acceptors (Lipinski definition) is 4. The zero-order valence-electron chi connectivity index (χ0n) is 16.7. The Morgan fingerprint density at radius 1 is 0.900 bits per heavy atom. The van der Waals surface area contributed by atoms with E-state index in [1.165, 1.54) is 4.31 Å². The van der Waals surface area contributed by atoms with E-state index in [2.05, 4.69) is 4.98 Å². The Balaban J connectivity index is 1.58. The molecule has 1 aromatic heterocycles. The number of ether oxygens (including phenoxy) is 1. The number of sulfonamides is 1. The fraction of sp³-hybridized carbons (Fsp3) is 0.174. The standard InChI is InChI=1S/C23H23N3O3S/c1-25(30(27,28)20-12-6-3-7-13-20)18-23-24-21-14-8-9-15-22(21)26(23)16-17-29-19-10-4-2-5-11-19/h2-15H,16-18H2,1H3. The minimum atomic E-state index is -3.61. The zero-order valence-corrected chi connectivity index (χ0v) is 17.5. The molecule has 30 heavy (non-hydrogen) atoms. The average Bonchev–Trinajstić information content (AvgIpc) is 3.12. The average molecular weight is 422 g/mol. The van der Waals surface area contributed by atoms with Crippen molar-refractivity contribution in [2.75, 3.05) is 13.7 Å². The third-order valence-corrected chi connectivity index (χ3v) is 6.69. The Kier molecular flexibility index (Phi) is 5.83. The van der Waals surface area contributed by atoms with Crippen LogP contribution in [0, 0.1) is 0 Å². The second-order valence-corrected chi connectivity index (χ2v) is 8.95. The maximum atomic E-state index is 12.9. The van der Waals surface area contributed by atoms with E-state index in [4.69, 9.17) is 4.74 Å². The number of nitrogens with zero attached hydrogens (tertiary/aromatic N) is 3. The Bertz CT molecular complexity index is 1220. The SMILES string of the molecule is CN(Cc1nc2ccccc2n1CCOc1ccccc1)S(=O)(=O)c1ccccc1. The van der Waals surface area contributed by atoms with Crippen molar-refractivity contribution in [1.29, 1.82) is 0 Å². The summed E-state index contributed by atoms with van der Waals surface area (Å²) in [5, 5.41) is 0. The minimum absolute atomic E-state index is 0.164. The van der Waals surface area contributed by atoms with E-state index in [1.807, 2.05) is 59.2 Å². The predicted octanol–water partition coefficient (Wildman–Crippen LogP) is 3.94. The number of hydrogen-bond donors (Lipinski definition) is 0. The Hall–Kier alpha value is -3.16. The van der Waals surface area contributed by atoms with E-state index in [0.717, 1.165) is 16.8 Å². The van der Waals surface area contributed by atoms with Crippen LogP contribution in [-0.4, -0.2) is 35.9 Å². The topological polar surface area (TPSA) is 64.4 Å². The molecule has 0 aliphatic heterocycles. The maximum absolute atomic E-state index is 12.9. The molecule has 0 saturated carbocycles. The van der Waals surface area contributed by atoms with Crippen LogP contribution in [0.15, 0.2) is 89.8 Å². The molecule has 0 fully saturated rings. The molecule has 6 nitrogen and oxygen atoms in total. The first-order valence-corrected chi connectivity index (χ1v) is 11.1. The molecule has 0 unspecified atom stereocenters. The van der Waals surface area contributed by atoms with Gasteiger partial charge in [-0.2, -0.15) is 4.31 Å². The van der Waals surface area contributed by atoms with Gasteiger partial charge in [0.2, 0.25) is 10.0 Å². The number of aromatic nitrogens is 2. The molecule has 0 aliphatic carbocycles. The lowest BCUT2D eigenvalue weighted by atomic mass is 10.3. The summed E-state index contributed by atoms with van der Waals surface area (Å²) in [6.07, 6.45) is 0. The Labute approximate surface area is 176 Å². The number of rotatable bonds is 8. The molecule has 4 rings (SSSR count). The first-order valence-electron chi connectivity index (χ1n) is 9.69. The first kappa shape index (κ1) is 20.1. The van der Waals surface area contributed by atoms with Gasteiger partial charge >= 0.3 is 0 Å². The van der Waals surface area contributed by atoms with Crippen molar-refractivity contribution in [3.8, 4) is 5.75 Å². The third-order valence-electron chi connectivity index (χ3n) is 4.88. The van der Waals surface area contributed by atoms with Gasteiger partial charge in [-0.15, -0.1) is 0 Å². The van der Waals surface area contributed by atoms with E-state index in [-0.39, 0.29) is 11.4 Å². The van der Waals surface area contributed by atoms with Gasteiger partial charge in [0.1, 0.15) is 18.2 Å². The third kappa shape index (κ3) is 4.22. The Morgan fingerprint density at radius 2 is 1.53 bits per heavy atom. The van der Waals surface area contributed by atoms with Crippen LogP contribution in [0.1, 0.15) is 5.82 Å². The normalized spacial score (nSPS) is 11.8. The summed E-state index contributed by atoms with van der Waals surface area (Å²) in [4.78, 5) is 4.95. The number of imidazole rings is 1. The van der Waals surface area contributed by atoms with Gasteiger partial charge in [-0.25, -0.2) is 13.4 Å². The van der Waals surface area contributed by atoms with Crippen LogP contribution in [0.3, 0.4) is 0 Å². The van der Waals surface area contributed by atoms with Gasteiger partial charge in [0.15, 0.2) is 0 Å². The highest BCUT2D eigenvalue weighted by Gasteiger charge is 2.23. The van der Waals surface area contributed by atoms with Crippen LogP contribution in [0.2, 0.25) is 0 Å². The first-order chi connectivity index (χ1) is 14.6. The van der Waals surface area contributed by atoms with Crippen LogP contribution in [-0.2, 0) is 23.1 Å². The molecule has 0 bridgehead atoms. The Morgan fingerprint density at radius 3 is 2.27 bits per heavy atom. The summed E-state index contributed by atoms with van der Waals surface area (Å²) < 4.78 is 35.1. The van der Waals surface area contributed by atoms with Crippen molar-refractivity contribution < 1.29 is 13.2 Å². The van der Waals surface area contributed by atoms with Gasteiger partial charge in [0.05, 0.1) is 29.0 Å². The van der Waals surface area contributed by atoms with Gasteiger partial charge in [0.25, 0.3) is 0 Å². The van der Waals surface area contributed by atoms with Crippen LogP contribution in [0.5, 0.6) is 5.75 Å². The number of benzene rings is 3. The number of para-hydroxylation sites is 3. The van der Waals surface area contributed by atoms with Crippen molar-refractivity contribution in [3.63, 3.8) is 0 Å². The fourth-order valence-electron chi connectivity index (χ4n) is 3.32. The molecule has 1 heterocycles. The second kappa shape index (κ2) is 8.69. The molecule has 4 aromatic rings. The molecule has 154 valence electrons. The summed E-state index contributed by atoms with van der Waals surface area (Å²) in [5.74, 6) is 1.47. The molecule has 0 N–H and O–H groups in total. The number of fused-ring (bicyclic) bond motifs is 1. The molecule has 0 atom stereocenters. The molecule has 3 aromatic carbocycles. The van der Waals surface area contributed by atoms with Gasteiger partial charge in [-0.3, -0.25) is 0 Å². The lowest BCUT2D eigenvalue weighted by molar-refractivity contribution is 0.296. The quantitative estimate of drug-likeness (QED) is 0.432. The molecular weight excluding hydrogens is 398 g/mol. The maximum Gasteiger partial charge on any atom is 0.243 e. The van der Waals surface area contributed by atoms with Gasteiger partial charge in [-0.1, -0.05) is 48.5 Å². The van der Waals surface area contributed by atoms with E-state index in [1.54, 1.807) is 37.4 Å². The van der Waals surface area contributed by atoms with E-state index in [9.17, 15) is 8.42 Å². The smallest absolute Gasteiger partial charge is 0.243 e. The van der Waals surface area contributed by atoms with Crippen molar-refractivity contribution in [2.24, 2.45) is 0 Å². The van der Waals surface area contributed by atoms with Crippen LogP contribution in [0.25, 0.3) is 11.0 Å². The molecule has 0 saturated heterocycles. The molecule has 7 heteroatoms. The van der Waals surface area contributed by atoms with Gasteiger partial charge in [0, 0.05) is 7.05 Å². The zero-order chi connectivity index (χ0) is 21.0. The monoisotopic (exact) mass is 421 g/mol. The summed E-state index contributed by atoms with van der Waals surface area (Å²) >= 11 is 0. The molecule has 0 amide bonds. The molecule has 0 spiro atoms. The van der Waals surface area contributed by atoms with E-state index in [0.29, 0.717) is 19.0 Å². The lowest BCUT2D eigenvalue weighted by Crippen LogP contribution is -2.28. The van der Waals surface area contributed by atoms with Crippen molar-refractivity contribution >= 4 is 21.1 Å². The van der Waals surface area contributed by atoms with Crippen LogP contribution < -0.4 is 4.74 Å². The lowest BCUT2D eigenvalue weighted by Gasteiger charge is -2.18. The summed E-state index contributed by atoms with van der Waals surface area (Å²) in [6, 6.07) is 25.8. The minimum Gasteiger partial charge on any atom is -0.492 e. The summed E-state index contributed by atoms with van der Waals surface area (Å²) in [5.41, 5.74) is 1.78. The predicted molar refractivity (Wildman–Crippen MR) is 117 cm³/mol. The van der Waals surface area contributed by atoms with Crippen molar-refractivity contribution in [1.82, 2.24) is 13.9 Å². The van der Waals surface area contributed by atoms with Crippen LogP contribution >= 0.6 is 0 Å². The van der Waals surface area contributed by atoms with Crippen LogP contribution in [0.4, 0.5) is 0 Å². The highest BCUT2D eigenvalue weighted by Crippen LogP contribution is 2.20. The summed E-state index contributed by atoms with van der Waals surface area (Å²) in [6.45, 7) is 1.17. The molecule has 0 radical (unpaired) electrons. The largest absolute Gasteiger partial charge is 0.492 e. The van der Waals surface area contributed by atoms with Crippen molar-refractivity contribution in [2.45, 2.75) is 18.0 Å². The van der Waals surface area contributed by atoms with Gasteiger partial charge < -0.3 is 9.30 Å². The summed E-state index contributed by atoms with van der Waals surface area (Å²) in [7, 11) is -2.03. The molecule has 0 aliphatic rings. The van der Waals surface area contributed by atoms with Gasteiger partial charge in [-0.05, 0) is 36.4 Å². The second-order valence-electron chi connectivity index (χ2n) is 6.90. The molecular formula is C23H23N3O3S. The van der Waals surface area contributed by atoms with E-state index < -0.39 is 10.0 Å². The fourth-order valence-corrected chi connectivity index (χ4v) is 4.47. The highest BCUT2D eigenvalue weighted by atomic mass is 32.2. The highest BCUT2D eigenvalue weighted by molar-refractivity contribution is 7.89. The van der Waals surface area contributed by atoms with Crippen molar-refractivity contribution in [3.05, 3.63) is 90.8 Å². The van der Waals surface area contributed by atoms with E-state index >= 15 is 0 Å².